The van der Waals surface area contributed by atoms with E-state index < -0.39 is 12.1 Å². The van der Waals surface area contributed by atoms with E-state index in [4.69, 9.17) is 23.2 Å². The predicted molar refractivity (Wildman–Crippen MR) is 101 cm³/mol. The number of alkyl halides is 3. The molecule has 2 aromatic rings. The topological polar surface area (TPSA) is 48.5 Å². The van der Waals surface area contributed by atoms with Gasteiger partial charge < -0.3 is 15.1 Å². The molecule has 1 amide bonds. The number of hydrogen-bond acceptors (Lipinski definition) is 5. The van der Waals surface area contributed by atoms with Crippen molar-refractivity contribution >= 4 is 51.8 Å². The molecule has 2 heterocycles. The number of halogens is 5. The van der Waals surface area contributed by atoms with Crippen LogP contribution >= 0.6 is 34.5 Å². The molecule has 11 heteroatoms. The third kappa shape index (κ3) is 4.97. The summed E-state index contributed by atoms with van der Waals surface area (Å²) in [6.07, 6.45) is -3.17. The number of carbonyl (C=O) groups excluding carboxylic acids is 1. The Morgan fingerprint density at radius 2 is 1.93 bits per heavy atom. The van der Waals surface area contributed by atoms with Crippen molar-refractivity contribution in [3.8, 4) is 0 Å². The molecule has 0 radical (unpaired) electrons. The lowest BCUT2D eigenvalue weighted by atomic mass is 10.2. The smallest absolute Gasteiger partial charge is 0.378 e. The van der Waals surface area contributed by atoms with Crippen LogP contribution in [0.15, 0.2) is 24.4 Å². The average molecular weight is 439 g/mol. The lowest BCUT2D eigenvalue weighted by Gasteiger charge is -2.37. The molecular formula is C16H15Cl2F3N4OS. The van der Waals surface area contributed by atoms with Gasteiger partial charge in [0.25, 0.3) is 0 Å². The molecule has 1 aromatic carbocycles. The Bertz CT molecular complexity index is 822. The van der Waals surface area contributed by atoms with Crippen LogP contribution in [0.25, 0.3) is 0 Å². The number of thiazole rings is 1. The first kappa shape index (κ1) is 20.0. The second-order valence-electron chi connectivity index (χ2n) is 5.87. The SMILES string of the molecule is O=C(N1CCN(c2ccc(Cl)cc2NCc2cnc(Cl)s2)CC1)C(F)(F)F. The lowest BCUT2D eigenvalue weighted by Crippen LogP contribution is -2.52. The van der Waals surface area contributed by atoms with Crippen LogP contribution in [0.4, 0.5) is 24.5 Å². The van der Waals surface area contributed by atoms with E-state index in [1.165, 1.54) is 11.3 Å². The van der Waals surface area contributed by atoms with E-state index in [9.17, 15) is 18.0 Å². The molecule has 0 atom stereocenters. The summed E-state index contributed by atoms with van der Waals surface area (Å²) in [5.41, 5.74) is 1.57. The maximum atomic E-state index is 12.6. The number of piperazine rings is 1. The molecule has 0 spiro atoms. The second kappa shape index (κ2) is 8.12. The highest BCUT2D eigenvalue weighted by atomic mass is 35.5. The average Bonchev–Trinajstić information content (AvgIpc) is 3.04. The molecule has 1 aliphatic rings. The monoisotopic (exact) mass is 438 g/mol. The highest BCUT2D eigenvalue weighted by molar-refractivity contribution is 7.15. The van der Waals surface area contributed by atoms with E-state index in [0.29, 0.717) is 29.1 Å². The van der Waals surface area contributed by atoms with Gasteiger partial charge in [0.15, 0.2) is 4.47 Å². The van der Waals surface area contributed by atoms with Crippen LogP contribution in [-0.4, -0.2) is 48.1 Å². The fraction of sp³-hybridized carbons (Fsp3) is 0.375. The van der Waals surface area contributed by atoms with Gasteiger partial charge in [0.1, 0.15) is 0 Å². The molecule has 1 fully saturated rings. The molecule has 1 aromatic heterocycles. The largest absolute Gasteiger partial charge is 0.471 e. The summed E-state index contributed by atoms with van der Waals surface area (Å²) in [5, 5.41) is 3.80. The van der Waals surface area contributed by atoms with Crippen molar-refractivity contribution in [2.45, 2.75) is 12.7 Å². The van der Waals surface area contributed by atoms with Gasteiger partial charge in [-0.3, -0.25) is 4.79 Å². The number of amides is 1. The number of aromatic nitrogens is 1. The summed E-state index contributed by atoms with van der Waals surface area (Å²) >= 11 is 13.3. The molecule has 0 aliphatic carbocycles. The number of nitrogens with zero attached hydrogens (tertiary/aromatic N) is 3. The quantitative estimate of drug-likeness (QED) is 0.773. The number of hydrogen-bond donors (Lipinski definition) is 1. The summed E-state index contributed by atoms with van der Waals surface area (Å²) in [5.74, 6) is -1.79. The first-order chi connectivity index (χ1) is 12.7. The summed E-state index contributed by atoms with van der Waals surface area (Å²) in [6, 6.07) is 5.29. The fourth-order valence-corrected chi connectivity index (χ4v) is 3.89. The van der Waals surface area contributed by atoms with Gasteiger partial charge in [-0.05, 0) is 18.2 Å². The highest BCUT2D eigenvalue weighted by Gasteiger charge is 2.43. The van der Waals surface area contributed by atoms with Crippen LogP contribution in [0.3, 0.4) is 0 Å². The standard InChI is InChI=1S/C16H15Cl2F3N4OS/c17-10-1-2-13(12(7-10)22-8-11-9-23-15(18)27-11)24-3-5-25(6-4-24)14(26)16(19,20)21/h1-2,7,9,22H,3-6,8H2. The van der Waals surface area contributed by atoms with Crippen LogP contribution in [0.1, 0.15) is 4.88 Å². The van der Waals surface area contributed by atoms with E-state index in [1.807, 2.05) is 11.0 Å². The lowest BCUT2D eigenvalue weighted by molar-refractivity contribution is -0.185. The maximum absolute atomic E-state index is 12.6. The molecule has 5 nitrogen and oxygen atoms in total. The third-order valence-corrected chi connectivity index (χ3v) is 5.44. The van der Waals surface area contributed by atoms with E-state index in [-0.39, 0.29) is 13.1 Å². The van der Waals surface area contributed by atoms with Gasteiger partial charge in [0, 0.05) is 42.3 Å². The van der Waals surface area contributed by atoms with Crippen molar-refractivity contribution < 1.29 is 18.0 Å². The minimum absolute atomic E-state index is 0.00482. The van der Waals surface area contributed by atoms with Crippen molar-refractivity contribution in [1.82, 2.24) is 9.88 Å². The van der Waals surface area contributed by atoms with E-state index in [2.05, 4.69) is 10.3 Å². The van der Waals surface area contributed by atoms with Crippen LogP contribution in [0.5, 0.6) is 0 Å². The Labute approximate surface area is 167 Å². The zero-order valence-corrected chi connectivity index (χ0v) is 16.2. The van der Waals surface area contributed by atoms with Crippen LogP contribution in [0.2, 0.25) is 9.49 Å². The number of nitrogens with one attached hydrogen (secondary N) is 1. The second-order valence-corrected chi connectivity index (χ2v) is 8.01. The Morgan fingerprint density at radius 1 is 1.22 bits per heavy atom. The molecule has 0 bridgehead atoms. The molecule has 27 heavy (non-hydrogen) atoms. The normalized spacial score (nSPS) is 15.1. The minimum Gasteiger partial charge on any atom is -0.378 e. The van der Waals surface area contributed by atoms with E-state index in [1.54, 1.807) is 18.3 Å². The van der Waals surface area contributed by atoms with Crippen molar-refractivity contribution in [1.29, 1.82) is 0 Å². The van der Waals surface area contributed by atoms with Gasteiger partial charge in [-0.2, -0.15) is 13.2 Å². The summed E-state index contributed by atoms with van der Waals surface area (Å²) in [4.78, 5) is 19.1. The first-order valence-corrected chi connectivity index (χ1v) is 9.56. The molecule has 0 unspecified atom stereocenters. The van der Waals surface area contributed by atoms with Gasteiger partial charge in [-0.15, -0.1) is 11.3 Å². The van der Waals surface area contributed by atoms with Crippen molar-refractivity contribution in [2.75, 3.05) is 36.4 Å². The van der Waals surface area contributed by atoms with E-state index in [0.717, 1.165) is 21.2 Å². The summed E-state index contributed by atoms with van der Waals surface area (Å²) in [7, 11) is 0. The van der Waals surface area contributed by atoms with Crippen molar-refractivity contribution in [3.05, 3.63) is 38.8 Å². The Kier molecular flexibility index (Phi) is 6.02. The number of carbonyl (C=O) groups is 1. The predicted octanol–water partition coefficient (Wildman–Crippen LogP) is 4.27. The Morgan fingerprint density at radius 3 is 2.52 bits per heavy atom. The third-order valence-electron chi connectivity index (χ3n) is 4.09. The van der Waals surface area contributed by atoms with Crippen LogP contribution in [-0.2, 0) is 11.3 Å². The molecule has 146 valence electrons. The zero-order valence-electron chi connectivity index (χ0n) is 13.9. The number of rotatable bonds is 4. The first-order valence-electron chi connectivity index (χ1n) is 7.99. The van der Waals surface area contributed by atoms with Gasteiger partial charge in [-0.25, -0.2) is 4.98 Å². The van der Waals surface area contributed by atoms with Crippen molar-refractivity contribution in [3.63, 3.8) is 0 Å². The van der Waals surface area contributed by atoms with Crippen molar-refractivity contribution in [2.24, 2.45) is 0 Å². The van der Waals surface area contributed by atoms with Crippen LogP contribution in [0, 0.1) is 0 Å². The summed E-state index contributed by atoms with van der Waals surface area (Å²) in [6.45, 7) is 1.09. The minimum atomic E-state index is -4.84. The number of anilines is 2. The number of benzene rings is 1. The molecule has 3 rings (SSSR count). The fourth-order valence-electron chi connectivity index (χ4n) is 2.80. The van der Waals surface area contributed by atoms with Gasteiger partial charge >= 0.3 is 12.1 Å². The molecule has 1 saturated heterocycles. The molecule has 1 N–H and O–H groups in total. The Balaban J connectivity index is 1.69. The van der Waals surface area contributed by atoms with Gasteiger partial charge in [0.2, 0.25) is 0 Å². The van der Waals surface area contributed by atoms with E-state index >= 15 is 0 Å². The molecule has 0 saturated carbocycles. The molecular weight excluding hydrogens is 424 g/mol. The van der Waals surface area contributed by atoms with Gasteiger partial charge in [0.05, 0.1) is 17.9 Å². The van der Waals surface area contributed by atoms with Crippen LogP contribution < -0.4 is 10.2 Å². The molecule has 1 aliphatic heterocycles. The highest BCUT2D eigenvalue weighted by Crippen LogP contribution is 2.31. The Hall–Kier alpha value is -1.71. The zero-order chi connectivity index (χ0) is 19.6. The maximum Gasteiger partial charge on any atom is 0.471 e. The van der Waals surface area contributed by atoms with Gasteiger partial charge in [-0.1, -0.05) is 23.2 Å². The summed E-state index contributed by atoms with van der Waals surface area (Å²) < 4.78 is 38.2.